The van der Waals surface area contributed by atoms with Gasteiger partial charge in [0.1, 0.15) is 5.76 Å². The molecule has 7 heteroatoms. The molecule has 116 valence electrons. The van der Waals surface area contributed by atoms with Gasteiger partial charge in [-0.2, -0.15) is 0 Å². The number of likely N-dealkylation sites (tertiary alicyclic amines) is 1. The highest BCUT2D eigenvalue weighted by Crippen LogP contribution is 2.16. The Kier molecular flexibility index (Phi) is 5.21. The summed E-state index contributed by atoms with van der Waals surface area (Å²) in [7, 11) is 1.66. The fourth-order valence-corrected chi connectivity index (χ4v) is 2.48. The molecule has 0 aromatic carbocycles. The molecular weight excluding hydrogens is 276 g/mol. The fourth-order valence-electron chi connectivity index (χ4n) is 2.48. The van der Waals surface area contributed by atoms with E-state index in [4.69, 9.17) is 14.3 Å². The highest BCUT2D eigenvalue weighted by Gasteiger charge is 2.23. The number of piperidine rings is 1. The molecule has 1 unspecified atom stereocenters. The molecule has 7 nitrogen and oxygen atoms in total. The van der Waals surface area contributed by atoms with Crippen molar-refractivity contribution in [2.75, 3.05) is 26.8 Å². The molecule has 0 radical (unpaired) electrons. The lowest BCUT2D eigenvalue weighted by atomic mass is 9.99. The van der Waals surface area contributed by atoms with Crippen LogP contribution >= 0.6 is 0 Å². The van der Waals surface area contributed by atoms with E-state index in [2.05, 4.69) is 5.32 Å². The zero-order valence-corrected chi connectivity index (χ0v) is 12.0. The Balaban J connectivity index is 1.81. The van der Waals surface area contributed by atoms with Crippen LogP contribution < -0.4 is 5.32 Å². The zero-order valence-electron chi connectivity index (χ0n) is 12.0. The minimum absolute atomic E-state index is 0.127. The summed E-state index contributed by atoms with van der Waals surface area (Å²) in [6.45, 7) is 2.24. The Hall–Kier alpha value is -2.02. The van der Waals surface area contributed by atoms with Crippen molar-refractivity contribution in [3.8, 4) is 0 Å². The second-order valence-corrected chi connectivity index (χ2v) is 5.14. The number of furan rings is 1. The van der Waals surface area contributed by atoms with E-state index < -0.39 is 5.97 Å². The Bertz CT molecular complexity index is 497. The highest BCUT2D eigenvalue weighted by molar-refractivity contribution is 5.84. The first-order chi connectivity index (χ1) is 10.1. The van der Waals surface area contributed by atoms with E-state index >= 15 is 0 Å². The SMILES string of the molecule is COCC1CCCN(C(=O)NCc2ccc(C(=O)O)o2)C1. The minimum atomic E-state index is -1.12. The van der Waals surface area contributed by atoms with Crippen LogP contribution in [0, 0.1) is 5.92 Å². The number of nitrogens with one attached hydrogen (secondary N) is 1. The van der Waals surface area contributed by atoms with Crippen LogP contribution in [-0.2, 0) is 11.3 Å². The van der Waals surface area contributed by atoms with Gasteiger partial charge in [0, 0.05) is 26.1 Å². The number of nitrogens with zero attached hydrogens (tertiary/aromatic N) is 1. The average Bonchev–Trinajstić information content (AvgIpc) is 2.94. The topological polar surface area (TPSA) is 92.0 Å². The lowest BCUT2D eigenvalue weighted by molar-refractivity contribution is 0.0660. The van der Waals surface area contributed by atoms with Crippen molar-refractivity contribution in [2.24, 2.45) is 5.92 Å². The van der Waals surface area contributed by atoms with Crippen molar-refractivity contribution >= 4 is 12.0 Å². The van der Waals surface area contributed by atoms with Gasteiger partial charge < -0.3 is 24.5 Å². The zero-order chi connectivity index (χ0) is 15.2. The Morgan fingerprint density at radius 3 is 3.00 bits per heavy atom. The molecule has 0 spiro atoms. The summed E-state index contributed by atoms with van der Waals surface area (Å²) < 4.78 is 10.2. The Morgan fingerprint density at radius 2 is 2.33 bits per heavy atom. The van der Waals surface area contributed by atoms with E-state index in [1.807, 2.05) is 0 Å². The third-order valence-corrected chi connectivity index (χ3v) is 3.49. The molecule has 1 aliphatic heterocycles. The normalized spacial score (nSPS) is 18.5. The van der Waals surface area contributed by atoms with E-state index in [1.165, 1.54) is 6.07 Å². The van der Waals surface area contributed by atoms with Gasteiger partial charge in [0.2, 0.25) is 5.76 Å². The first kappa shape index (κ1) is 15.4. The van der Waals surface area contributed by atoms with Gasteiger partial charge in [-0.3, -0.25) is 0 Å². The van der Waals surface area contributed by atoms with Crippen LogP contribution in [0.2, 0.25) is 0 Å². The first-order valence-electron chi connectivity index (χ1n) is 6.94. The number of carbonyl (C=O) groups excluding carboxylic acids is 1. The van der Waals surface area contributed by atoms with Gasteiger partial charge >= 0.3 is 12.0 Å². The molecule has 0 bridgehead atoms. The molecule has 1 atom stereocenters. The molecule has 1 aromatic rings. The largest absolute Gasteiger partial charge is 0.475 e. The predicted octanol–water partition coefficient (Wildman–Crippen LogP) is 1.55. The number of amides is 2. The third kappa shape index (κ3) is 4.22. The maximum atomic E-state index is 12.1. The molecule has 2 N–H and O–H groups in total. The van der Waals surface area contributed by atoms with Crippen LogP contribution in [0.5, 0.6) is 0 Å². The summed E-state index contributed by atoms with van der Waals surface area (Å²) in [6.07, 6.45) is 2.03. The number of urea groups is 1. The van der Waals surface area contributed by atoms with Crippen molar-refractivity contribution in [1.82, 2.24) is 10.2 Å². The lowest BCUT2D eigenvalue weighted by Crippen LogP contribution is -2.46. The summed E-state index contributed by atoms with van der Waals surface area (Å²) >= 11 is 0. The summed E-state index contributed by atoms with van der Waals surface area (Å²) in [5.74, 6) is -0.452. The lowest BCUT2D eigenvalue weighted by Gasteiger charge is -2.32. The van der Waals surface area contributed by atoms with Crippen molar-refractivity contribution in [2.45, 2.75) is 19.4 Å². The second-order valence-electron chi connectivity index (χ2n) is 5.14. The predicted molar refractivity (Wildman–Crippen MR) is 74.1 cm³/mol. The smallest absolute Gasteiger partial charge is 0.371 e. The van der Waals surface area contributed by atoms with E-state index in [9.17, 15) is 9.59 Å². The van der Waals surface area contributed by atoms with Crippen LogP contribution in [-0.4, -0.2) is 48.8 Å². The third-order valence-electron chi connectivity index (χ3n) is 3.49. The van der Waals surface area contributed by atoms with Crippen molar-refractivity contribution in [1.29, 1.82) is 0 Å². The van der Waals surface area contributed by atoms with Crippen LogP contribution in [0.15, 0.2) is 16.5 Å². The highest BCUT2D eigenvalue weighted by atomic mass is 16.5. The number of hydrogen-bond acceptors (Lipinski definition) is 4. The summed E-state index contributed by atoms with van der Waals surface area (Å²) in [5.41, 5.74) is 0. The van der Waals surface area contributed by atoms with E-state index in [-0.39, 0.29) is 18.3 Å². The Morgan fingerprint density at radius 1 is 1.52 bits per heavy atom. The maximum absolute atomic E-state index is 12.1. The van der Waals surface area contributed by atoms with Crippen LogP contribution in [0.4, 0.5) is 4.79 Å². The molecule has 1 aromatic heterocycles. The van der Waals surface area contributed by atoms with Crippen molar-refractivity contribution in [3.63, 3.8) is 0 Å². The van der Waals surface area contributed by atoms with Gasteiger partial charge in [0.05, 0.1) is 13.2 Å². The first-order valence-corrected chi connectivity index (χ1v) is 6.94. The number of methoxy groups -OCH3 is 1. The van der Waals surface area contributed by atoms with Crippen LogP contribution in [0.1, 0.15) is 29.2 Å². The minimum Gasteiger partial charge on any atom is -0.475 e. The van der Waals surface area contributed by atoms with E-state index in [0.717, 1.165) is 19.4 Å². The molecule has 21 heavy (non-hydrogen) atoms. The number of rotatable bonds is 5. The molecule has 0 aliphatic carbocycles. The van der Waals surface area contributed by atoms with Gasteiger partial charge in [-0.15, -0.1) is 0 Å². The Labute approximate surface area is 122 Å². The standard InChI is InChI=1S/C14H20N2O5/c1-20-9-10-3-2-6-16(8-10)14(19)15-7-11-4-5-12(21-11)13(17)18/h4-5,10H,2-3,6-9H2,1H3,(H,15,19)(H,17,18). The van der Waals surface area contributed by atoms with E-state index in [0.29, 0.717) is 24.8 Å². The number of ether oxygens (including phenoxy) is 1. The van der Waals surface area contributed by atoms with Gasteiger partial charge in [0.15, 0.2) is 0 Å². The molecule has 2 heterocycles. The molecular formula is C14H20N2O5. The monoisotopic (exact) mass is 296 g/mol. The summed E-state index contributed by atoms with van der Waals surface area (Å²) in [5, 5.41) is 11.5. The average molecular weight is 296 g/mol. The second kappa shape index (κ2) is 7.12. The van der Waals surface area contributed by atoms with Gasteiger partial charge in [0.25, 0.3) is 0 Å². The number of aromatic carboxylic acids is 1. The summed E-state index contributed by atoms with van der Waals surface area (Å²) in [6, 6.07) is 2.76. The number of carboxylic acids is 1. The number of carboxylic acid groups (broad SMARTS) is 1. The van der Waals surface area contributed by atoms with Gasteiger partial charge in [-0.25, -0.2) is 9.59 Å². The molecule has 1 aliphatic rings. The fraction of sp³-hybridized carbons (Fsp3) is 0.571. The summed E-state index contributed by atoms with van der Waals surface area (Å²) in [4.78, 5) is 24.5. The number of hydrogen-bond donors (Lipinski definition) is 2. The molecule has 1 fully saturated rings. The van der Waals surface area contributed by atoms with Gasteiger partial charge in [-0.05, 0) is 25.0 Å². The quantitative estimate of drug-likeness (QED) is 0.860. The number of carbonyl (C=O) groups is 2. The molecule has 0 saturated carbocycles. The molecule has 2 amide bonds. The molecule has 2 rings (SSSR count). The van der Waals surface area contributed by atoms with Crippen molar-refractivity contribution in [3.05, 3.63) is 23.7 Å². The van der Waals surface area contributed by atoms with E-state index in [1.54, 1.807) is 18.1 Å². The molecule has 1 saturated heterocycles. The van der Waals surface area contributed by atoms with Crippen LogP contribution in [0.3, 0.4) is 0 Å². The van der Waals surface area contributed by atoms with Crippen molar-refractivity contribution < 1.29 is 23.8 Å². The van der Waals surface area contributed by atoms with Crippen LogP contribution in [0.25, 0.3) is 0 Å². The maximum Gasteiger partial charge on any atom is 0.371 e. The van der Waals surface area contributed by atoms with Gasteiger partial charge in [-0.1, -0.05) is 0 Å².